The van der Waals surface area contributed by atoms with Crippen molar-refractivity contribution < 1.29 is 19.2 Å². The molecule has 0 aliphatic rings. The van der Waals surface area contributed by atoms with Crippen LogP contribution in [0.1, 0.15) is 18.1 Å². The van der Waals surface area contributed by atoms with Crippen LogP contribution in [0.3, 0.4) is 0 Å². The second-order valence-electron chi connectivity index (χ2n) is 5.70. The molecule has 3 rings (SSSR count). The van der Waals surface area contributed by atoms with Gasteiger partial charge in [0.1, 0.15) is 11.5 Å². The number of phenolic OH excluding ortho intramolecular Hbond substituents is 1. The fourth-order valence-electron chi connectivity index (χ4n) is 2.61. The monoisotopic (exact) mass is 406 g/mol. The Kier molecular flexibility index (Phi) is 6.13. The molecular formula is C19H18O4S3. The molecule has 1 aromatic heterocycles. The first-order chi connectivity index (χ1) is 12.5. The molecule has 1 N–H and O–H groups in total. The molecule has 4 nitrogen and oxygen atoms in total. The Bertz CT molecular complexity index is 936. The third-order valence-corrected chi connectivity index (χ3v) is 6.65. The number of ether oxygens (including phenoxy) is 1. The lowest BCUT2D eigenvalue weighted by Crippen LogP contribution is -2.07. The third-order valence-electron chi connectivity index (χ3n) is 3.89. The number of carbonyl (C=O) groups excluding carboxylic acids is 1. The maximum atomic E-state index is 12.7. The molecule has 1 unspecified atom stereocenters. The molecule has 0 aliphatic heterocycles. The molecular weight excluding hydrogens is 388 g/mol. The van der Waals surface area contributed by atoms with Crippen LogP contribution in [0.5, 0.6) is 5.75 Å². The minimum atomic E-state index is -1.23. The third kappa shape index (κ3) is 4.35. The minimum absolute atomic E-state index is 0.138. The van der Waals surface area contributed by atoms with Gasteiger partial charge in [0.05, 0.1) is 13.0 Å². The Morgan fingerprint density at radius 1 is 1.27 bits per heavy atom. The van der Waals surface area contributed by atoms with Crippen molar-refractivity contribution in [2.45, 2.75) is 28.9 Å². The Morgan fingerprint density at radius 2 is 2.08 bits per heavy atom. The van der Waals surface area contributed by atoms with Crippen LogP contribution in [0.4, 0.5) is 0 Å². The van der Waals surface area contributed by atoms with Gasteiger partial charge >= 0.3 is 5.97 Å². The zero-order valence-corrected chi connectivity index (χ0v) is 16.6. The van der Waals surface area contributed by atoms with Gasteiger partial charge in [-0.2, -0.15) is 0 Å². The average molecular weight is 407 g/mol. The van der Waals surface area contributed by atoms with Gasteiger partial charge in [0.15, 0.2) is 4.90 Å². The highest BCUT2D eigenvalue weighted by Gasteiger charge is 2.17. The van der Waals surface area contributed by atoms with Crippen LogP contribution >= 0.6 is 24.0 Å². The van der Waals surface area contributed by atoms with E-state index in [4.69, 9.17) is 4.74 Å². The van der Waals surface area contributed by atoms with E-state index in [1.807, 2.05) is 23.6 Å². The zero-order chi connectivity index (χ0) is 18.7. The molecule has 3 aromatic rings. The predicted molar refractivity (Wildman–Crippen MR) is 108 cm³/mol. The van der Waals surface area contributed by atoms with Gasteiger partial charge in [-0.1, -0.05) is 0 Å². The molecule has 0 fully saturated rings. The molecule has 1 atom stereocenters. The molecule has 26 heavy (non-hydrogen) atoms. The fraction of sp³-hybridized carbons (Fsp3) is 0.211. The van der Waals surface area contributed by atoms with Crippen LogP contribution < -0.4 is 0 Å². The quantitative estimate of drug-likeness (QED) is 0.364. The highest BCUT2D eigenvalue weighted by molar-refractivity contribution is 7.90. The van der Waals surface area contributed by atoms with E-state index in [0.29, 0.717) is 17.3 Å². The smallest absolute Gasteiger partial charge is 0.310 e. The largest absolute Gasteiger partial charge is 0.611 e. The molecule has 0 aliphatic carbocycles. The number of thiophene rings is 1. The molecule has 0 saturated carbocycles. The van der Waals surface area contributed by atoms with Crippen LogP contribution in [-0.2, 0) is 32.9 Å². The van der Waals surface area contributed by atoms with Crippen molar-refractivity contribution >= 4 is 51.2 Å². The second-order valence-corrected chi connectivity index (χ2v) is 8.55. The van der Waals surface area contributed by atoms with E-state index in [-0.39, 0.29) is 18.1 Å². The van der Waals surface area contributed by atoms with Gasteiger partial charge in [-0.05, 0) is 64.8 Å². The van der Waals surface area contributed by atoms with E-state index in [0.717, 1.165) is 26.1 Å². The highest BCUT2D eigenvalue weighted by Crippen LogP contribution is 2.31. The van der Waals surface area contributed by atoms with Crippen LogP contribution in [0, 0.1) is 0 Å². The maximum absolute atomic E-state index is 12.7. The number of aromatic hydroxyl groups is 1. The number of rotatable bonds is 6. The molecule has 1 heterocycles. The van der Waals surface area contributed by atoms with Gasteiger partial charge in [0, 0.05) is 21.2 Å². The number of hydrogen-bond donors (Lipinski definition) is 2. The molecule has 136 valence electrons. The summed E-state index contributed by atoms with van der Waals surface area (Å²) in [5.74, 6) is 0.221. The summed E-state index contributed by atoms with van der Waals surface area (Å²) in [7, 11) is 0. The summed E-state index contributed by atoms with van der Waals surface area (Å²) in [4.78, 5) is 13.0. The summed E-state index contributed by atoms with van der Waals surface area (Å²) < 4.78 is 18.7. The first-order valence-electron chi connectivity index (χ1n) is 8.03. The number of fused-ring (bicyclic) bond motifs is 1. The van der Waals surface area contributed by atoms with Gasteiger partial charge in [-0.25, -0.2) is 0 Å². The lowest BCUT2D eigenvalue weighted by Gasteiger charge is -2.12. The van der Waals surface area contributed by atoms with E-state index in [9.17, 15) is 14.5 Å². The molecule has 0 amide bonds. The van der Waals surface area contributed by atoms with E-state index in [2.05, 4.69) is 12.6 Å². The van der Waals surface area contributed by atoms with Crippen LogP contribution in [0.2, 0.25) is 0 Å². The normalized spacial score (nSPS) is 12.3. The number of phenols is 1. The van der Waals surface area contributed by atoms with E-state index >= 15 is 0 Å². The minimum Gasteiger partial charge on any atom is -0.611 e. The number of hydrogen-bond acceptors (Lipinski definition) is 6. The first-order valence-corrected chi connectivity index (χ1v) is 10.7. The van der Waals surface area contributed by atoms with Crippen molar-refractivity contribution in [1.82, 2.24) is 0 Å². The van der Waals surface area contributed by atoms with Crippen molar-refractivity contribution in [3.63, 3.8) is 0 Å². The SMILES string of the molecule is CCOC(=O)Cc1csc2cc([S+]([O-])Cc3ccc(O)cc3S)ccc12. The predicted octanol–water partition coefficient (Wildman–Crippen LogP) is 4.31. The summed E-state index contributed by atoms with van der Waals surface area (Å²) in [6.45, 7) is 2.16. The number of carbonyl (C=O) groups is 1. The first kappa shape index (κ1) is 19.1. The Hall–Kier alpha value is -1.67. The van der Waals surface area contributed by atoms with Crippen molar-refractivity contribution in [2.75, 3.05) is 6.61 Å². The van der Waals surface area contributed by atoms with Gasteiger partial charge in [0.25, 0.3) is 0 Å². The molecule has 0 saturated heterocycles. The maximum Gasteiger partial charge on any atom is 0.310 e. The lowest BCUT2D eigenvalue weighted by atomic mass is 10.1. The standard InChI is InChI=1S/C19H18O4S3/c1-2-23-19(21)7-13-10-25-18-9-15(5-6-16(13)18)26(22)11-12-3-4-14(20)8-17(12)24/h3-6,8-10,20,24H,2,7,11H2,1H3. The van der Waals surface area contributed by atoms with E-state index < -0.39 is 11.2 Å². The van der Waals surface area contributed by atoms with Gasteiger partial charge in [-0.15, -0.1) is 24.0 Å². The van der Waals surface area contributed by atoms with Gasteiger partial charge in [0.2, 0.25) is 0 Å². The van der Waals surface area contributed by atoms with Gasteiger partial charge < -0.3 is 14.4 Å². The van der Waals surface area contributed by atoms with Crippen LogP contribution in [-0.4, -0.2) is 22.2 Å². The van der Waals surface area contributed by atoms with Crippen LogP contribution in [0.25, 0.3) is 10.1 Å². The van der Waals surface area contributed by atoms with Crippen molar-refractivity contribution in [3.8, 4) is 5.75 Å². The average Bonchev–Trinajstić information content (AvgIpc) is 2.99. The Labute approximate surface area is 164 Å². The van der Waals surface area contributed by atoms with Crippen LogP contribution in [0.15, 0.2) is 51.6 Å². The molecule has 0 spiro atoms. The van der Waals surface area contributed by atoms with Crippen molar-refractivity contribution in [1.29, 1.82) is 0 Å². The highest BCUT2D eigenvalue weighted by atomic mass is 32.2. The summed E-state index contributed by atoms with van der Waals surface area (Å²) in [6.07, 6.45) is 0.243. The van der Waals surface area contributed by atoms with Crippen molar-refractivity contribution in [3.05, 3.63) is 52.9 Å². The van der Waals surface area contributed by atoms with Crippen molar-refractivity contribution in [2.24, 2.45) is 0 Å². The Morgan fingerprint density at radius 3 is 2.81 bits per heavy atom. The molecule has 7 heteroatoms. The number of thiol groups is 1. The summed E-state index contributed by atoms with van der Waals surface area (Å²) >= 11 is 4.63. The lowest BCUT2D eigenvalue weighted by molar-refractivity contribution is -0.142. The molecule has 2 aromatic carbocycles. The molecule has 0 radical (unpaired) electrons. The van der Waals surface area contributed by atoms with Gasteiger partial charge in [-0.3, -0.25) is 4.79 Å². The van der Waals surface area contributed by atoms with E-state index in [1.165, 1.54) is 11.3 Å². The molecule has 0 bridgehead atoms. The zero-order valence-electron chi connectivity index (χ0n) is 14.1. The van der Waals surface area contributed by atoms with E-state index in [1.54, 1.807) is 25.1 Å². The number of benzene rings is 2. The topological polar surface area (TPSA) is 69.6 Å². The summed E-state index contributed by atoms with van der Waals surface area (Å²) in [6, 6.07) is 10.5. The summed E-state index contributed by atoms with van der Waals surface area (Å²) in [5.41, 5.74) is 1.75. The Balaban J connectivity index is 1.79. The number of esters is 1. The fourth-order valence-corrected chi connectivity index (χ4v) is 5.25. The second kappa shape index (κ2) is 8.35. The summed E-state index contributed by atoms with van der Waals surface area (Å²) in [5, 5.41) is 12.4.